The summed E-state index contributed by atoms with van der Waals surface area (Å²) in [6, 6.07) is 12.0. The summed E-state index contributed by atoms with van der Waals surface area (Å²) in [4.78, 5) is 11.3. The first-order chi connectivity index (χ1) is 12.3. The Kier molecular flexibility index (Phi) is 4.48. The van der Waals surface area contributed by atoms with Gasteiger partial charge in [0.1, 0.15) is 0 Å². The van der Waals surface area contributed by atoms with Crippen LogP contribution in [-0.2, 0) is 6.54 Å². The van der Waals surface area contributed by atoms with E-state index in [0.29, 0.717) is 18.9 Å². The third kappa shape index (κ3) is 3.16. The highest BCUT2D eigenvalue weighted by Crippen LogP contribution is 2.26. The molecule has 3 aromatic rings. The average Bonchev–Trinajstić information content (AvgIpc) is 3.01. The normalized spacial score (nSPS) is 21.7. The van der Waals surface area contributed by atoms with Crippen LogP contribution in [0.4, 0.5) is 0 Å². The molecule has 0 aliphatic carbocycles. The van der Waals surface area contributed by atoms with Crippen LogP contribution in [0.15, 0.2) is 48.8 Å². The molecule has 2 unspecified atom stereocenters. The molecule has 0 bridgehead atoms. The van der Waals surface area contributed by atoms with Crippen LogP contribution in [-0.4, -0.2) is 55.3 Å². The van der Waals surface area contributed by atoms with Crippen LogP contribution in [0.3, 0.4) is 0 Å². The SMILES string of the molecule is OCC1CCN(Cc2c(-c3ccccc3)nc3ncccn23)CC1O. The maximum absolute atomic E-state index is 10.2. The lowest BCUT2D eigenvalue weighted by molar-refractivity contribution is -0.00481. The fourth-order valence-corrected chi connectivity index (χ4v) is 3.53. The first-order valence-electron chi connectivity index (χ1n) is 8.65. The third-order valence-electron chi connectivity index (χ3n) is 4.96. The standard InChI is InChI=1S/C19H22N4O2/c24-13-15-7-10-22(12-17(15)25)11-16-18(14-5-2-1-3-6-14)21-19-20-8-4-9-23(16)19/h1-6,8-9,15,17,24-25H,7,10-13H2. The fraction of sp³-hybridized carbons (Fsp3) is 0.368. The van der Waals surface area contributed by atoms with Crippen LogP contribution in [0.2, 0.25) is 0 Å². The Morgan fingerprint density at radius 2 is 2.00 bits per heavy atom. The van der Waals surface area contributed by atoms with E-state index in [2.05, 4.69) is 22.0 Å². The van der Waals surface area contributed by atoms with E-state index in [1.807, 2.05) is 34.9 Å². The van der Waals surface area contributed by atoms with Crippen LogP contribution in [0.5, 0.6) is 0 Å². The molecule has 0 amide bonds. The number of aliphatic hydroxyl groups excluding tert-OH is 2. The van der Waals surface area contributed by atoms with Crippen LogP contribution in [0.1, 0.15) is 12.1 Å². The smallest absolute Gasteiger partial charge is 0.234 e. The van der Waals surface area contributed by atoms with Gasteiger partial charge in [0, 0.05) is 43.6 Å². The molecule has 130 valence electrons. The van der Waals surface area contributed by atoms with Crippen LogP contribution >= 0.6 is 0 Å². The number of aromatic nitrogens is 3. The van der Waals surface area contributed by atoms with Crippen LogP contribution in [0, 0.1) is 5.92 Å². The summed E-state index contributed by atoms with van der Waals surface area (Å²) in [5.41, 5.74) is 3.07. The highest BCUT2D eigenvalue weighted by molar-refractivity contribution is 5.65. The van der Waals surface area contributed by atoms with Crippen molar-refractivity contribution in [3.63, 3.8) is 0 Å². The quantitative estimate of drug-likeness (QED) is 0.755. The molecule has 2 N–H and O–H groups in total. The number of β-amino-alcohol motifs (C(OH)–C–C–N with tert-alkyl or cyclic N) is 1. The van der Waals surface area contributed by atoms with E-state index < -0.39 is 6.10 Å². The maximum atomic E-state index is 10.2. The second kappa shape index (κ2) is 6.92. The number of hydrogen-bond donors (Lipinski definition) is 2. The van der Waals surface area contributed by atoms with E-state index in [4.69, 9.17) is 4.98 Å². The second-order valence-corrected chi connectivity index (χ2v) is 6.60. The van der Waals surface area contributed by atoms with Gasteiger partial charge in [0.15, 0.2) is 0 Å². The van der Waals surface area contributed by atoms with Crippen molar-refractivity contribution in [2.45, 2.75) is 19.1 Å². The molecular weight excluding hydrogens is 316 g/mol. The minimum atomic E-state index is -0.490. The molecule has 1 saturated heterocycles. The molecule has 1 aliphatic heterocycles. The lowest BCUT2D eigenvalue weighted by atomic mass is 9.94. The highest BCUT2D eigenvalue weighted by Gasteiger charge is 2.28. The van der Waals surface area contributed by atoms with E-state index in [-0.39, 0.29) is 12.5 Å². The van der Waals surface area contributed by atoms with Crippen LogP contribution in [0.25, 0.3) is 17.0 Å². The van der Waals surface area contributed by atoms with Crippen molar-refractivity contribution in [3.05, 3.63) is 54.5 Å². The van der Waals surface area contributed by atoms with Gasteiger partial charge in [-0.1, -0.05) is 30.3 Å². The molecule has 1 aromatic carbocycles. The number of imidazole rings is 1. The van der Waals surface area contributed by atoms with Gasteiger partial charge in [-0.2, -0.15) is 0 Å². The van der Waals surface area contributed by atoms with Gasteiger partial charge in [-0.05, 0) is 19.0 Å². The zero-order valence-corrected chi connectivity index (χ0v) is 14.0. The topological polar surface area (TPSA) is 73.9 Å². The number of piperidine rings is 1. The number of benzene rings is 1. The van der Waals surface area contributed by atoms with Crippen LogP contribution < -0.4 is 0 Å². The van der Waals surface area contributed by atoms with Gasteiger partial charge < -0.3 is 10.2 Å². The minimum absolute atomic E-state index is 0.0197. The van der Waals surface area contributed by atoms with Gasteiger partial charge in [-0.25, -0.2) is 9.97 Å². The minimum Gasteiger partial charge on any atom is -0.396 e. The van der Waals surface area contributed by atoms with Crippen molar-refractivity contribution in [3.8, 4) is 11.3 Å². The van der Waals surface area contributed by atoms with Gasteiger partial charge in [0.25, 0.3) is 0 Å². The monoisotopic (exact) mass is 338 g/mol. The summed E-state index contributed by atoms with van der Waals surface area (Å²) in [5.74, 6) is 0.663. The fourth-order valence-electron chi connectivity index (χ4n) is 3.53. The maximum Gasteiger partial charge on any atom is 0.234 e. The van der Waals surface area contributed by atoms with Gasteiger partial charge >= 0.3 is 0 Å². The third-order valence-corrected chi connectivity index (χ3v) is 4.96. The summed E-state index contributed by atoms with van der Waals surface area (Å²) in [5, 5.41) is 19.6. The number of rotatable bonds is 4. The lowest BCUT2D eigenvalue weighted by Gasteiger charge is -2.35. The first-order valence-corrected chi connectivity index (χ1v) is 8.65. The predicted molar refractivity (Wildman–Crippen MR) is 94.9 cm³/mol. The molecule has 25 heavy (non-hydrogen) atoms. The molecule has 0 saturated carbocycles. The van der Waals surface area contributed by atoms with Crippen molar-refractivity contribution in [1.82, 2.24) is 19.3 Å². The summed E-state index contributed by atoms with van der Waals surface area (Å²) in [6.07, 6.45) is 4.04. The summed E-state index contributed by atoms with van der Waals surface area (Å²) in [6.45, 7) is 2.15. The summed E-state index contributed by atoms with van der Waals surface area (Å²) >= 11 is 0. The molecule has 2 aromatic heterocycles. The van der Waals surface area contributed by atoms with E-state index in [9.17, 15) is 10.2 Å². The van der Waals surface area contributed by atoms with E-state index >= 15 is 0 Å². The Morgan fingerprint density at radius 1 is 1.16 bits per heavy atom. The lowest BCUT2D eigenvalue weighted by Crippen LogP contribution is -2.44. The average molecular weight is 338 g/mol. The Hall–Kier alpha value is -2.28. The molecule has 0 spiro atoms. The van der Waals surface area contributed by atoms with Gasteiger partial charge in [-0.3, -0.25) is 9.30 Å². The molecule has 2 atom stereocenters. The Morgan fingerprint density at radius 3 is 2.76 bits per heavy atom. The molecule has 4 rings (SSSR count). The van der Waals surface area contributed by atoms with Gasteiger partial charge in [-0.15, -0.1) is 0 Å². The molecule has 0 radical (unpaired) electrons. The van der Waals surface area contributed by atoms with E-state index in [1.54, 1.807) is 6.20 Å². The molecule has 1 fully saturated rings. The molecular formula is C19H22N4O2. The zero-order valence-electron chi connectivity index (χ0n) is 14.0. The van der Waals surface area contributed by atoms with Crippen molar-refractivity contribution >= 4 is 5.78 Å². The first kappa shape index (κ1) is 16.2. The molecule has 1 aliphatic rings. The zero-order chi connectivity index (χ0) is 17.2. The Bertz CT molecular complexity index is 849. The van der Waals surface area contributed by atoms with Gasteiger partial charge in [0.2, 0.25) is 5.78 Å². The van der Waals surface area contributed by atoms with Gasteiger partial charge in [0.05, 0.1) is 17.5 Å². The molecule has 6 heteroatoms. The number of likely N-dealkylation sites (tertiary alicyclic amines) is 1. The van der Waals surface area contributed by atoms with Crippen molar-refractivity contribution in [2.75, 3.05) is 19.7 Å². The summed E-state index contributed by atoms with van der Waals surface area (Å²) < 4.78 is 2.02. The summed E-state index contributed by atoms with van der Waals surface area (Å²) in [7, 11) is 0. The predicted octanol–water partition coefficient (Wildman–Crippen LogP) is 1.57. The largest absolute Gasteiger partial charge is 0.396 e. The molecule has 6 nitrogen and oxygen atoms in total. The van der Waals surface area contributed by atoms with E-state index in [1.165, 1.54) is 0 Å². The number of fused-ring (bicyclic) bond motifs is 1. The van der Waals surface area contributed by atoms with Crippen molar-refractivity contribution in [2.24, 2.45) is 5.92 Å². The van der Waals surface area contributed by atoms with Crippen molar-refractivity contribution < 1.29 is 10.2 Å². The Balaban J connectivity index is 1.69. The number of aliphatic hydroxyl groups is 2. The molecule has 3 heterocycles. The number of hydrogen-bond acceptors (Lipinski definition) is 5. The second-order valence-electron chi connectivity index (χ2n) is 6.60. The number of nitrogens with zero attached hydrogens (tertiary/aromatic N) is 4. The van der Waals surface area contributed by atoms with Crippen molar-refractivity contribution in [1.29, 1.82) is 0 Å². The van der Waals surface area contributed by atoms with E-state index in [0.717, 1.165) is 29.9 Å². The highest BCUT2D eigenvalue weighted by atomic mass is 16.3. The Labute approximate surface area is 146 Å².